The Morgan fingerprint density at radius 1 is 0.816 bits per heavy atom. The molecule has 0 aliphatic rings. The number of carbonyl (C=O) groups excluding carboxylic acids is 1. The number of aromatic nitrogens is 8. The van der Waals surface area contributed by atoms with Crippen molar-refractivity contribution in [3.63, 3.8) is 0 Å². The van der Waals surface area contributed by atoms with Crippen LogP contribution in [0.1, 0.15) is 34.0 Å². The molecule has 0 unspecified atom stereocenters. The van der Waals surface area contributed by atoms with Crippen molar-refractivity contribution in [1.82, 2.24) is 39.4 Å². The van der Waals surface area contributed by atoms with Gasteiger partial charge in [0.25, 0.3) is 0 Å². The quantitative estimate of drug-likeness (QED) is 0.245. The van der Waals surface area contributed by atoms with Crippen LogP contribution in [0.4, 0.5) is 0 Å². The van der Waals surface area contributed by atoms with Crippen molar-refractivity contribution in [1.29, 1.82) is 0 Å². The first-order valence-electron chi connectivity index (χ1n) is 12.0. The number of ether oxygens (including phenoxy) is 1. The molecular weight excluding hydrogens is 488 g/mol. The van der Waals surface area contributed by atoms with Gasteiger partial charge >= 0.3 is 5.97 Å². The molecule has 0 amide bonds. The van der Waals surface area contributed by atoms with Crippen LogP contribution in [0.15, 0.2) is 60.9 Å². The molecule has 0 aliphatic heterocycles. The van der Waals surface area contributed by atoms with Gasteiger partial charge in [-0.25, -0.2) is 14.2 Å². The summed E-state index contributed by atoms with van der Waals surface area (Å²) in [4.78, 5) is 11.8. The molecule has 6 rings (SSSR count). The molecule has 12 nitrogen and oxygen atoms in total. The molecule has 0 saturated heterocycles. The van der Waals surface area contributed by atoms with E-state index in [2.05, 4.69) is 20.6 Å². The zero-order chi connectivity index (χ0) is 26.4. The normalized spacial score (nSPS) is 11.5. The lowest BCUT2D eigenvalue weighted by atomic mass is 10.1. The SMILES string of the molecule is COC(=O)c1cc2ccc(-n3cc(CCCc4cn(-c5ccc6cc(C)n(O)c6c5)nn4)nn3)cc2n1O. The summed E-state index contributed by atoms with van der Waals surface area (Å²) in [6.07, 6.45) is 5.94. The Morgan fingerprint density at radius 2 is 1.37 bits per heavy atom. The lowest BCUT2D eigenvalue weighted by Gasteiger charge is -2.03. The zero-order valence-electron chi connectivity index (χ0n) is 20.7. The van der Waals surface area contributed by atoms with Gasteiger partial charge < -0.3 is 15.2 Å². The second-order valence-corrected chi connectivity index (χ2v) is 9.08. The third-order valence-corrected chi connectivity index (χ3v) is 6.57. The minimum absolute atomic E-state index is 0.0505. The van der Waals surface area contributed by atoms with Crippen LogP contribution in [-0.2, 0) is 17.6 Å². The largest absolute Gasteiger partial charge is 0.464 e. The second kappa shape index (κ2) is 9.07. The molecule has 0 fully saturated rings. The summed E-state index contributed by atoms with van der Waals surface area (Å²) >= 11 is 0. The number of benzene rings is 2. The Morgan fingerprint density at radius 3 is 1.95 bits per heavy atom. The number of aryl methyl sites for hydroxylation is 3. The maximum atomic E-state index is 11.8. The Labute approximate surface area is 215 Å². The lowest BCUT2D eigenvalue weighted by Crippen LogP contribution is -2.07. The van der Waals surface area contributed by atoms with Crippen molar-refractivity contribution >= 4 is 27.8 Å². The van der Waals surface area contributed by atoms with Crippen LogP contribution >= 0.6 is 0 Å². The van der Waals surface area contributed by atoms with Crippen LogP contribution in [0.3, 0.4) is 0 Å². The molecule has 0 aliphatic carbocycles. The Bertz CT molecular complexity index is 1810. The summed E-state index contributed by atoms with van der Waals surface area (Å²) in [5.41, 5.74) is 5.18. The van der Waals surface area contributed by atoms with Gasteiger partial charge in [0, 0.05) is 10.8 Å². The number of rotatable bonds is 7. The van der Waals surface area contributed by atoms with Gasteiger partial charge in [-0.3, -0.25) is 0 Å². The van der Waals surface area contributed by atoms with Gasteiger partial charge in [-0.2, -0.15) is 9.46 Å². The van der Waals surface area contributed by atoms with E-state index in [-0.39, 0.29) is 5.69 Å². The van der Waals surface area contributed by atoms with Crippen LogP contribution in [0.2, 0.25) is 0 Å². The van der Waals surface area contributed by atoms with Crippen molar-refractivity contribution < 1.29 is 19.9 Å². The molecule has 0 radical (unpaired) electrons. The highest BCUT2D eigenvalue weighted by molar-refractivity contribution is 5.95. The van der Waals surface area contributed by atoms with E-state index in [0.29, 0.717) is 29.4 Å². The van der Waals surface area contributed by atoms with Gasteiger partial charge in [-0.15, -0.1) is 10.2 Å². The van der Waals surface area contributed by atoms with E-state index < -0.39 is 5.97 Å². The Kier molecular flexibility index (Phi) is 5.56. The topological polar surface area (TPSA) is 138 Å². The number of hydrogen-bond donors (Lipinski definition) is 2. The Balaban J connectivity index is 1.12. The molecule has 192 valence electrons. The number of methoxy groups -OCH3 is 1. The summed E-state index contributed by atoms with van der Waals surface area (Å²) in [6.45, 7) is 1.85. The van der Waals surface area contributed by atoms with E-state index >= 15 is 0 Å². The van der Waals surface area contributed by atoms with Crippen LogP contribution in [0.5, 0.6) is 0 Å². The van der Waals surface area contributed by atoms with E-state index in [1.807, 2.05) is 49.6 Å². The first kappa shape index (κ1) is 23.3. The first-order valence-corrected chi connectivity index (χ1v) is 12.0. The summed E-state index contributed by atoms with van der Waals surface area (Å²) in [6, 6.07) is 14.6. The number of nitrogens with zero attached hydrogens (tertiary/aromatic N) is 8. The van der Waals surface area contributed by atoms with Crippen LogP contribution in [-0.4, -0.2) is 62.9 Å². The molecule has 2 N–H and O–H groups in total. The van der Waals surface area contributed by atoms with E-state index in [4.69, 9.17) is 4.74 Å². The molecule has 38 heavy (non-hydrogen) atoms. The minimum Gasteiger partial charge on any atom is -0.464 e. The summed E-state index contributed by atoms with van der Waals surface area (Å²) in [5.74, 6) is -0.621. The van der Waals surface area contributed by atoms with Gasteiger partial charge in [-0.1, -0.05) is 22.6 Å². The molecule has 6 aromatic rings. The Hall–Kier alpha value is -5.13. The smallest absolute Gasteiger partial charge is 0.358 e. The van der Waals surface area contributed by atoms with Crippen molar-refractivity contribution in [3.05, 3.63) is 83.7 Å². The number of hydrogen-bond acceptors (Lipinski definition) is 8. The maximum absolute atomic E-state index is 11.8. The van der Waals surface area contributed by atoms with Crippen molar-refractivity contribution in [2.75, 3.05) is 7.11 Å². The second-order valence-electron chi connectivity index (χ2n) is 9.08. The molecule has 2 aromatic carbocycles. The monoisotopic (exact) mass is 512 g/mol. The molecule has 4 aromatic heterocycles. The van der Waals surface area contributed by atoms with E-state index in [1.165, 1.54) is 11.8 Å². The van der Waals surface area contributed by atoms with Crippen LogP contribution in [0, 0.1) is 6.92 Å². The van der Waals surface area contributed by atoms with Gasteiger partial charge in [0.2, 0.25) is 0 Å². The predicted molar refractivity (Wildman–Crippen MR) is 136 cm³/mol. The molecule has 0 spiro atoms. The van der Waals surface area contributed by atoms with Crippen molar-refractivity contribution in [3.8, 4) is 11.4 Å². The van der Waals surface area contributed by atoms with Crippen molar-refractivity contribution in [2.24, 2.45) is 0 Å². The highest BCUT2D eigenvalue weighted by atomic mass is 16.5. The summed E-state index contributed by atoms with van der Waals surface area (Å²) < 4.78 is 10.0. The molecule has 0 bridgehead atoms. The van der Waals surface area contributed by atoms with Gasteiger partial charge in [0.1, 0.15) is 0 Å². The molecular formula is C26H24N8O4. The average Bonchev–Trinajstić information content (AvgIpc) is 3.71. The fourth-order valence-corrected chi connectivity index (χ4v) is 4.55. The van der Waals surface area contributed by atoms with Gasteiger partial charge in [0.15, 0.2) is 5.69 Å². The lowest BCUT2D eigenvalue weighted by molar-refractivity contribution is 0.0554. The minimum atomic E-state index is -0.621. The van der Waals surface area contributed by atoms with Crippen LogP contribution < -0.4 is 0 Å². The molecule has 4 heterocycles. The standard InChI is InChI=1S/C26H24N8O4/c1-16-10-17-6-8-21(12-23(17)33(16)36)31-14-19(27-29-31)4-3-5-20-15-32(30-28-20)22-9-7-18-11-25(26(35)38-2)34(37)24(18)13-22/h6-15,36-37H,3-5H2,1-2H3. The van der Waals surface area contributed by atoms with Crippen molar-refractivity contribution in [2.45, 2.75) is 26.2 Å². The summed E-state index contributed by atoms with van der Waals surface area (Å²) in [5, 5.41) is 39.2. The number of fused-ring (bicyclic) bond motifs is 2. The number of esters is 1. The van der Waals surface area contributed by atoms with E-state index in [0.717, 1.165) is 44.8 Å². The van der Waals surface area contributed by atoms with Crippen LogP contribution in [0.25, 0.3) is 33.2 Å². The fraction of sp³-hybridized carbons (Fsp3) is 0.192. The van der Waals surface area contributed by atoms with Gasteiger partial charge in [0.05, 0.1) is 59.0 Å². The predicted octanol–water partition coefficient (Wildman–Crippen LogP) is 3.50. The third-order valence-electron chi connectivity index (χ3n) is 6.57. The first-order chi connectivity index (χ1) is 18.4. The molecule has 0 saturated carbocycles. The molecule has 12 heteroatoms. The zero-order valence-corrected chi connectivity index (χ0v) is 20.7. The molecule has 0 atom stereocenters. The highest BCUT2D eigenvalue weighted by Gasteiger charge is 2.17. The third kappa shape index (κ3) is 4.01. The highest BCUT2D eigenvalue weighted by Crippen LogP contribution is 2.23. The maximum Gasteiger partial charge on any atom is 0.358 e. The van der Waals surface area contributed by atoms with E-state index in [1.54, 1.807) is 27.6 Å². The number of carbonyl (C=O) groups is 1. The average molecular weight is 513 g/mol. The van der Waals surface area contributed by atoms with E-state index in [9.17, 15) is 15.2 Å². The van der Waals surface area contributed by atoms with Gasteiger partial charge in [-0.05, 0) is 62.6 Å². The fourth-order valence-electron chi connectivity index (χ4n) is 4.55. The summed E-state index contributed by atoms with van der Waals surface area (Å²) in [7, 11) is 1.27.